The first kappa shape index (κ1) is 5.15. The maximum atomic E-state index is 3.83. The number of rotatable bonds is 1. The Morgan fingerprint density at radius 2 is 2.38 bits per heavy atom. The standard InChI is InChI=1S/C5H8N3/c1-7(2)8-5-3-4-6-8/h3,5H,1-2H3. The second kappa shape index (κ2) is 1.86. The molecule has 0 bridgehead atoms. The fraction of sp³-hybridized carbons (Fsp3) is 0.400. The van der Waals surface area contributed by atoms with Gasteiger partial charge < -0.3 is 5.01 Å². The normalized spacial score (nSPS) is 9.25. The van der Waals surface area contributed by atoms with Crippen molar-refractivity contribution in [3.63, 3.8) is 0 Å². The zero-order chi connectivity index (χ0) is 5.98. The highest BCUT2D eigenvalue weighted by atomic mass is 15.6. The minimum Gasteiger partial charge on any atom is -0.303 e. The van der Waals surface area contributed by atoms with Crippen LogP contribution in [0.15, 0.2) is 12.3 Å². The number of aromatic nitrogens is 2. The number of hydrogen-bond donors (Lipinski definition) is 0. The molecule has 1 aromatic heterocycles. The molecular weight excluding hydrogens is 102 g/mol. The van der Waals surface area contributed by atoms with Gasteiger partial charge in [0.25, 0.3) is 0 Å². The summed E-state index contributed by atoms with van der Waals surface area (Å²) in [4.78, 5) is 1.69. The zero-order valence-electron chi connectivity index (χ0n) is 5.00. The van der Waals surface area contributed by atoms with E-state index in [0.29, 0.717) is 0 Å². The van der Waals surface area contributed by atoms with Crippen LogP contribution in [0.5, 0.6) is 0 Å². The van der Waals surface area contributed by atoms with Crippen LogP contribution in [0.1, 0.15) is 0 Å². The molecule has 1 rings (SSSR count). The quantitative estimate of drug-likeness (QED) is 0.502. The van der Waals surface area contributed by atoms with E-state index in [9.17, 15) is 0 Å². The Labute approximate surface area is 48.5 Å². The van der Waals surface area contributed by atoms with Gasteiger partial charge in [0, 0.05) is 20.3 Å². The smallest absolute Gasteiger partial charge is 0.115 e. The molecule has 0 atom stereocenters. The molecule has 0 aliphatic carbocycles. The van der Waals surface area contributed by atoms with Gasteiger partial charge in [0.1, 0.15) is 6.20 Å². The molecular formula is C5H8N3. The highest BCUT2D eigenvalue weighted by molar-refractivity contribution is 4.80. The number of nitrogens with zero attached hydrogens (tertiary/aromatic N) is 3. The topological polar surface area (TPSA) is 21.1 Å². The second-order valence-electron chi connectivity index (χ2n) is 1.71. The lowest BCUT2D eigenvalue weighted by Crippen LogP contribution is -2.24. The van der Waals surface area contributed by atoms with Crippen LogP contribution in [-0.2, 0) is 0 Å². The van der Waals surface area contributed by atoms with Gasteiger partial charge in [0.2, 0.25) is 0 Å². The average molecular weight is 110 g/mol. The van der Waals surface area contributed by atoms with Gasteiger partial charge in [-0.2, -0.15) is 9.89 Å². The second-order valence-corrected chi connectivity index (χ2v) is 1.71. The third kappa shape index (κ3) is 0.804. The van der Waals surface area contributed by atoms with E-state index in [-0.39, 0.29) is 0 Å². The largest absolute Gasteiger partial charge is 0.303 e. The lowest BCUT2D eigenvalue weighted by Gasteiger charge is -2.09. The van der Waals surface area contributed by atoms with E-state index in [4.69, 9.17) is 0 Å². The van der Waals surface area contributed by atoms with Crippen LogP contribution >= 0.6 is 0 Å². The van der Waals surface area contributed by atoms with Crippen LogP contribution in [0.25, 0.3) is 0 Å². The average Bonchev–Trinajstić information content (AvgIpc) is 2.12. The highest BCUT2D eigenvalue weighted by Crippen LogP contribution is 1.79. The van der Waals surface area contributed by atoms with E-state index in [1.54, 1.807) is 10.9 Å². The minimum atomic E-state index is 1.69. The summed E-state index contributed by atoms with van der Waals surface area (Å²) in [5.41, 5.74) is 0. The molecule has 0 spiro atoms. The Bertz CT molecular complexity index is 143. The van der Waals surface area contributed by atoms with E-state index in [1.165, 1.54) is 0 Å². The van der Waals surface area contributed by atoms with Crippen molar-refractivity contribution in [3.05, 3.63) is 18.5 Å². The molecule has 3 nitrogen and oxygen atoms in total. The van der Waals surface area contributed by atoms with Crippen molar-refractivity contribution in [3.8, 4) is 0 Å². The third-order valence-electron chi connectivity index (χ3n) is 0.852. The lowest BCUT2D eigenvalue weighted by atomic mass is 10.8. The van der Waals surface area contributed by atoms with Crippen LogP contribution in [0.4, 0.5) is 0 Å². The maximum Gasteiger partial charge on any atom is 0.115 e. The third-order valence-corrected chi connectivity index (χ3v) is 0.852. The zero-order valence-corrected chi connectivity index (χ0v) is 5.00. The Morgan fingerprint density at radius 3 is 2.62 bits per heavy atom. The summed E-state index contributed by atoms with van der Waals surface area (Å²) >= 11 is 0. The minimum absolute atomic E-state index is 1.69. The first-order valence-corrected chi connectivity index (χ1v) is 2.40. The number of hydrogen-bond acceptors (Lipinski definition) is 2. The molecule has 0 aliphatic rings. The van der Waals surface area contributed by atoms with Gasteiger partial charge in [-0.25, -0.2) is 0 Å². The molecule has 8 heavy (non-hydrogen) atoms. The summed E-state index contributed by atoms with van der Waals surface area (Å²) < 4.78 is 0. The Morgan fingerprint density at radius 1 is 1.62 bits per heavy atom. The van der Waals surface area contributed by atoms with E-state index in [0.717, 1.165) is 0 Å². The van der Waals surface area contributed by atoms with Gasteiger partial charge in [-0.3, -0.25) is 0 Å². The van der Waals surface area contributed by atoms with Gasteiger partial charge in [0.15, 0.2) is 0 Å². The van der Waals surface area contributed by atoms with E-state index in [1.807, 2.05) is 25.3 Å². The van der Waals surface area contributed by atoms with Crippen LogP contribution < -0.4 is 5.01 Å². The fourth-order valence-electron chi connectivity index (χ4n) is 0.449. The van der Waals surface area contributed by atoms with Crippen molar-refractivity contribution in [1.82, 2.24) is 9.89 Å². The van der Waals surface area contributed by atoms with Crippen molar-refractivity contribution in [1.29, 1.82) is 0 Å². The van der Waals surface area contributed by atoms with Gasteiger partial charge in [-0.1, -0.05) is 0 Å². The van der Waals surface area contributed by atoms with E-state index < -0.39 is 0 Å². The van der Waals surface area contributed by atoms with Gasteiger partial charge >= 0.3 is 0 Å². The SMILES string of the molecule is CN(C)n1cc[c]n1. The molecule has 1 heterocycles. The monoisotopic (exact) mass is 110 g/mol. The van der Waals surface area contributed by atoms with E-state index >= 15 is 0 Å². The molecule has 1 aromatic rings. The molecule has 0 aromatic carbocycles. The molecule has 0 fully saturated rings. The maximum absolute atomic E-state index is 3.83. The summed E-state index contributed by atoms with van der Waals surface area (Å²) in [6, 6.07) is 1.76. The predicted molar refractivity (Wildman–Crippen MR) is 31.1 cm³/mol. The van der Waals surface area contributed by atoms with Gasteiger partial charge in [0.05, 0.1) is 0 Å². The van der Waals surface area contributed by atoms with Crippen LogP contribution in [-0.4, -0.2) is 24.0 Å². The molecule has 0 unspecified atom stereocenters. The first-order valence-electron chi connectivity index (χ1n) is 2.40. The Hall–Kier alpha value is -0.990. The summed E-state index contributed by atoms with van der Waals surface area (Å²) in [7, 11) is 3.84. The Kier molecular flexibility index (Phi) is 1.20. The van der Waals surface area contributed by atoms with Crippen molar-refractivity contribution >= 4 is 0 Å². The van der Waals surface area contributed by atoms with E-state index in [2.05, 4.69) is 11.3 Å². The fourth-order valence-corrected chi connectivity index (χ4v) is 0.449. The molecule has 0 saturated heterocycles. The Balaban J connectivity index is 2.77. The lowest BCUT2D eigenvalue weighted by molar-refractivity contribution is 0.637. The molecule has 43 valence electrons. The van der Waals surface area contributed by atoms with Crippen molar-refractivity contribution in [2.75, 3.05) is 19.1 Å². The molecule has 0 saturated carbocycles. The van der Waals surface area contributed by atoms with Gasteiger partial charge in [-0.05, 0) is 6.07 Å². The molecule has 3 heteroatoms. The van der Waals surface area contributed by atoms with Crippen LogP contribution in [0.2, 0.25) is 0 Å². The van der Waals surface area contributed by atoms with Gasteiger partial charge in [-0.15, -0.1) is 0 Å². The van der Waals surface area contributed by atoms with Crippen LogP contribution in [0, 0.1) is 6.20 Å². The van der Waals surface area contributed by atoms with Crippen LogP contribution in [0.3, 0.4) is 0 Å². The van der Waals surface area contributed by atoms with Crippen molar-refractivity contribution < 1.29 is 0 Å². The molecule has 0 amide bonds. The highest BCUT2D eigenvalue weighted by Gasteiger charge is 1.86. The van der Waals surface area contributed by atoms with Crippen molar-refractivity contribution in [2.24, 2.45) is 0 Å². The van der Waals surface area contributed by atoms with Crippen molar-refractivity contribution in [2.45, 2.75) is 0 Å². The predicted octanol–water partition coefficient (Wildman–Crippen LogP) is -0.119. The first-order chi connectivity index (χ1) is 3.80. The summed E-state index contributed by atoms with van der Waals surface area (Å²) in [6.07, 6.45) is 4.52. The summed E-state index contributed by atoms with van der Waals surface area (Å²) in [5, 5.41) is 5.69. The summed E-state index contributed by atoms with van der Waals surface area (Å²) in [5.74, 6) is 0. The molecule has 0 N–H and O–H groups in total. The molecule has 1 radical (unpaired) electrons. The summed E-state index contributed by atoms with van der Waals surface area (Å²) in [6.45, 7) is 0. The molecule has 0 aliphatic heterocycles.